The fourth-order valence-electron chi connectivity index (χ4n) is 1.61. The first-order chi connectivity index (χ1) is 6.33. The smallest absolute Gasteiger partial charge is 0.0462 e. The van der Waals surface area contributed by atoms with Gasteiger partial charge in [0.2, 0.25) is 0 Å². The van der Waals surface area contributed by atoms with Crippen LogP contribution >= 0.6 is 0 Å². The molecule has 13 heavy (non-hydrogen) atoms. The molecule has 2 rings (SSSR count). The molecular weight excluding hydrogens is 160 g/mol. The summed E-state index contributed by atoms with van der Waals surface area (Å²) in [7, 11) is 0. The van der Waals surface area contributed by atoms with E-state index >= 15 is 0 Å². The van der Waals surface area contributed by atoms with E-state index in [4.69, 9.17) is 5.73 Å². The van der Waals surface area contributed by atoms with Gasteiger partial charge in [0.1, 0.15) is 0 Å². The first-order valence-corrected chi connectivity index (χ1v) is 4.28. The van der Waals surface area contributed by atoms with Gasteiger partial charge in [-0.2, -0.15) is 0 Å². The molecule has 0 atom stereocenters. The van der Waals surface area contributed by atoms with Gasteiger partial charge < -0.3 is 10.7 Å². The summed E-state index contributed by atoms with van der Waals surface area (Å²) in [6.07, 6.45) is 3.50. The van der Waals surface area contributed by atoms with E-state index < -0.39 is 0 Å². The second kappa shape index (κ2) is 2.98. The number of hydrogen-bond acceptors (Lipinski definition) is 1. The summed E-state index contributed by atoms with van der Waals surface area (Å²) < 4.78 is 0. The molecule has 0 saturated carbocycles. The maximum atomic E-state index is 5.39. The fourth-order valence-corrected chi connectivity index (χ4v) is 1.61. The summed E-state index contributed by atoms with van der Waals surface area (Å²) in [4.78, 5) is 3.31. The Morgan fingerprint density at radius 1 is 1.31 bits per heavy atom. The Morgan fingerprint density at radius 2 is 2.08 bits per heavy atom. The Morgan fingerprint density at radius 3 is 2.85 bits per heavy atom. The standard InChI is InChI=1S/C11H12N2/c1-8-9(6-7-12)10-4-2-3-5-11(10)13-8/h2-7,13H,12H2,1H3/b7-6+. The zero-order valence-electron chi connectivity index (χ0n) is 7.54. The minimum atomic E-state index is 1.16. The first kappa shape index (κ1) is 7.92. The number of para-hydroxylation sites is 1. The Labute approximate surface area is 77.1 Å². The van der Waals surface area contributed by atoms with Gasteiger partial charge in [-0.25, -0.2) is 0 Å². The molecule has 0 aliphatic rings. The maximum Gasteiger partial charge on any atom is 0.0462 e. The summed E-state index contributed by atoms with van der Waals surface area (Å²) >= 11 is 0. The van der Waals surface area contributed by atoms with Gasteiger partial charge in [-0.05, 0) is 25.3 Å². The number of H-pyrrole nitrogens is 1. The van der Waals surface area contributed by atoms with Crippen molar-refractivity contribution >= 4 is 17.0 Å². The minimum Gasteiger partial charge on any atom is -0.405 e. The molecule has 0 fully saturated rings. The van der Waals surface area contributed by atoms with E-state index in [0.29, 0.717) is 0 Å². The highest BCUT2D eigenvalue weighted by Crippen LogP contribution is 2.22. The van der Waals surface area contributed by atoms with Gasteiger partial charge in [0.05, 0.1) is 0 Å². The van der Waals surface area contributed by atoms with Crippen molar-refractivity contribution in [1.82, 2.24) is 4.98 Å². The molecule has 2 heteroatoms. The lowest BCUT2D eigenvalue weighted by Gasteiger charge is -1.90. The average molecular weight is 172 g/mol. The van der Waals surface area contributed by atoms with Gasteiger partial charge in [0.15, 0.2) is 0 Å². The van der Waals surface area contributed by atoms with Crippen molar-refractivity contribution in [2.75, 3.05) is 0 Å². The fraction of sp³-hybridized carbons (Fsp3) is 0.0909. The summed E-state index contributed by atoms with van der Waals surface area (Å²) in [5.41, 5.74) is 8.88. The highest BCUT2D eigenvalue weighted by molar-refractivity contribution is 5.90. The molecule has 0 unspecified atom stereocenters. The molecule has 0 amide bonds. The lowest BCUT2D eigenvalue weighted by Crippen LogP contribution is -1.78. The summed E-state index contributed by atoms with van der Waals surface area (Å²) in [6.45, 7) is 2.05. The van der Waals surface area contributed by atoms with Crippen molar-refractivity contribution in [3.63, 3.8) is 0 Å². The van der Waals surface area contributed by atoms with E-state index in [0.717, 1.165) is 11.2 Å². The Hall–Kier alpha value is -1.70. The monoisotopic (exact) mass is 172 g/mol. The van der Waals surface area contributed by atoms with Gasteiger partial charge in [0.25, 0.3) is 0 Å². The molecule has 0 bridgehead atoms. The molecule has 0 aliphatic heterocycles. The van der Waals surface area contributed by atoms with Crippen LogP contribution in [-0.4, -0.2) is 4.98 Å². The highest BCUT2D eigenvalue weighted by Gasteiger charge is 2.03. The molecule has 3 N–H and O–H groups in total. The van der Waals surface area contributed by atoms with Gasteiger partial charge in [-0.1, -0.05) is 18.2 Å². The molecule has 1 aromatic carbocycles. The van der Waals surface area contributed by atoms with E-state index in [1.54, 1.807) is 6.20 Å². The predicted octanol–water partition coefficient (Wildman–Crippen LogP) is 2.41. The number of aromatic nitrogens is 1. The van der Waals surface area contributed by atoms with Crippen molar-refractivity contribution in [2.24, 2.45) is 5.73 Å². The summed E-state index contributed by atoms with van der Waals surface area (Å²) in [5, 5.41) is 1.22. The molecule has 66 valence electrons. The number of aryl methyl sites for hydroxylation is 1. The van der Waals surface area contributed by atoms with Crippen LogP contribution in [-0.2, 0) is 0 Å². The maximum absolute atomic E-state index is 5.39. The van der Waals surface area contributed by atoms with Crippen LogP contribution < -0.4 is 5.73 Å². The van der Waals surface area contributed by atoms with Gasteiger partial charge >= 0.3 is 0 Å². The van der Waals surface area contributed by atoms with Gasteiger partial charge in [0, 0.05) is 22.2 Å². The van der Waals surface area contributed by atoms with Gasteiger partial charge in [-0.3, -0.25) is 0 Å². The third-order valence-electron chi connectivity index (χ3n) is 2.21. The topological polar surface area (TPSA) is 41.8 Å². The lowest BCUT2D eigenvalue weighted by atomic mass is 10.1. The number of fused-ring (bicyclic) bond motifs is 1. The van der Waals surface area contributed by atoms with E-state index in [2.05, 4.69) is 24.0 Å². The third-order valence-corrected chi connectivity index (χ3v) is 2.21. The number of rotatable bonds is 1. The second-order valence-electron chi connectivity index (χ2n) is 3.07. The molecule has 0 spiro atoms. The van der Waals surface area contributed by atoms with Crippen molar-refractivity contribution in [2.45, 2.75) is 6.92 Å². The van der Waals surface area contributed by atoms with Crippen molar-refractivity contribution in [1.29, 1.82) is 0 Å². The van der Waals surface area contributed by atoms with Crippen LogP contribution in [0.15, 0.2) is 30.5 Å². The van der Waals surface area contributed by atoms with Crippen LogP contribution in [0.3, 0.4) is 0 Å². The molecular formula is C11H12N2. The largest absolute Gasteiger partial charge is 0.405 e. The highest BCUT2D eigenvalue weighted by atomic mass is 14.7. The van der Waals surface area contributed by atoms with Crippen LogP contribution in [0.25, 0.3) is 17.0 Å². The predicted molar refractivity (Wildman–Crippen MR) is 56.3 cm³/mol. The van der Waals surface area contributed by atoms with Crippen LogP contribution in [0.1, 0.15) is 11.3 Å². The molecule has 0 radical (unpaired) electrons. The normalized spacial score (nSPS) is 11.5. The molecule has 2 aromatic rings. The molecule has 2 nitrogen and oxygen atoms in total. The number of benzene rings is 1. The molecule has 1 heterocycles. The Kier molecular flexibility index (Phi) is 1.81. The molecule has 0 aliphatic carbocycles. The number of aromatic amines is 1. The SMILES string of the molecule is Cc1[nH]c2ccccc2c1/C=C/N. The summed E-state index contributed by atoms with van der Waals surface area (Å²) in [6, 6.07) is 8.21. The van der Waals surface area contributed by atoms with Crippen molar-refractivity contribution in [3.8, 4) is 0 Å². The van der Waals surface area contributed by atoms with Crippen molar-refractivity contribution in [3.05, 3.63) is 41.7 Å². The zero-order chi connectivity index (χ0) is 9.26. The number of nitrogens with one attached hydrogen (secondary N) is 1. The van der Waals surface area contributed by atoms with E-state index in [1.165, 1.54) is 10.9 Å². The minimum absolute atomic E-state index is 1.16. The molecule has 0 saturated heterocycles. The number of hydrogen-bond donors (Lipinski definition) is 2. The van der Waals surface area contributed by atoms with Crippen molar-refractivity contribution < 1.29 is 0 Å². The Balaban J connectivity index is 2.78. The molecule has 1 aromatic heterocycles. The van der Waals surface area contributed by atoms with E-state index in [9.17, 15) is 0 Å². The third kappa shape index (κ3) is 1.20. The van der Waals surface area contributed by atoms with Crippen LogP contribution in [0.4, 0.5) is 0 Å². The van der Waals surface area contributed by atoms with E-state index in [-0.39, 0.29) is 0 Å². The van der Waals surface area contributed by atoms with Crippen LogP contribution in [0.2, 0.25) is 0 Å². The van der Waals surface area contributed by atoms with Gasteiger partial charge in [-0.15, -0.1) is 0 Å². The van der Waals surface area contributed by atoms with Crippen LogP contribution in [0, 0.1) is 6.92 Å². The van der Waals surface area contributed by atoms with Crippen LogP contribution in [0.5, 0.6) is 0 Å². The Bertz CT molecular complexity index is 452. The lowest BCUT2D eigenvalue weighted by molar-refractivity contribution is 1.29. The number of nitrogens with two attached hydrogens (primary N) is 1. The average Bonchev–Trinajstić information content (AvgIpc) is 2.44. The van der Waals surface area contributed by atoms with E-state index in [1.807, 2.05) is 18.2 Å². The second-order valence-corrected chi connectivity index (χ2v) is 3.07. The quantitative estimate of drug-likeness (QED) is 0.681. The first-order valence-electron chi connectivity index (χ1n) is 4.28. The summed E-state index contributed by atoms with van der Waals surface area (Å²) in [5.74, 6) is 0. The zero-order valence-corrected chi connectivity index (χ0v) is 7.54.